The van der Waals surface area contributed by atoms with Crippen LogP contribution in [0.1, 0.15) is 12.0 Å². The first-order valence-electron chi connectivity index (χ1n) is 7.61. The van der Waals surface area contributed by atoms with E-state index in [0.717, 1.165) is 28.3 Å². The molecule has 116 valence electrons. The van der Waals surface area contributed by atoms with Gasteiger partial charge in [0.1, 0.15) is 0 Å². The first kappa shape index (κ1) is 14.3. The van der Waals surface area contributed by atoms with Crippen molar-refractivity contribution >= 4 is 29.1 Å². The summed E-state index contributed by atoms with van der Waals surface area (Å²) >= 11 is 1.60. The zero-order valence-corrected chi connectivity index (χ0v) is 13.3. The van der Waals surface area contributed by atoms with E-state index in [2.05, 4.69) is 11.2 Å². The van der Waals surface area contributed by atoms with Crippen LogP contribution in [0.3, 0.4) is 0 Å². The van der Waals surface area contributed by atoms with Gasteiger partial charge in [0, 0.05) is 11.3 Å². The van der Waals surface area contributed by atoms with E-state index in [9.17, 15) is 4.79 Å². The fourth-order valence-electron chi connectivity index (χ4n) is 2.89. The molecule has 0 saturated heterocycles. The largest absolute Gasteiger partial charge is 0.390 e. The second kappa shape index (κ2) is 6.08. The third kappa shape index (κ3) is 2.84. The molecule has 0 unspecified atom stereocenters. The molecule has 2 aliphatic heterocycles. The van der Waals surface area contributed by atoms with E-state index in [1.165, 1.54) is 0 Å². The maximum atomic E-state index is 12.3. The highest BCUT2D eigenvalue weighted by Crippen LogP contribution is 2.35. The van der Waals surface area contributed by atoms with E-state index < -0.39 is 0 Å². The molecular weight excluding hydrogens is 308 g/mol. The van der Waals surface area contributed by atoms with Gasteiger partial charge in [0.05, 0.1) is 23.7 Å². The Morgan fingerprint density at radius 2 is 1.91 bits per heavy atom. The Bertz CT molecular complexity index is 761. The van der Waals surface area contributed by atoms with Crippen LogP contribution >= 0.6 is 11.8 Å². The Morgan fingerprint density at radius 3 is 2.78 bits per heavy atom. The second-order valence-electron chi connectivity index (χ2n) is 5.60. The Morgan fingerprint density at radius 1 is 1.13 bits per heavy atom. The number of fused-ring (bicyclic) bond motifs is 1. The quantitative estimate of drug-likeness (QED) is 0.870. The molecule has 5 heteroatoms. The molecule has 1 atom stereocenters. The van der Waals surface area contributed by atoms with Crippen molar-refractivity contribution in [2.75, 3.05) is 17.2 Å². The average Bonchev–Trinajstić information content (AvgIpc) is 3.07. The van der Waals surface area contributed by atoms with E-state index >= 15 is 0 Å². The van der Waals surface area contributed by atoms with Crippen molar-refractivity contribution in [1.29, 1.82) is 0 Å². The lowest BCUT2D eigenvalue weighted by atomic mass is 10.0. The van der Waals surface area contributed by atoms with Gasteiger partial charge in [-0.25, -0.2) is 0 Å². The van der Waals surface area contributed by atoms with Gasteiger partial charge in [-0.2, -0.15) is 0 Å². The smallest absolute Gasteiger partial charge is 0.237 e. The fraction of sp³-hybridized carbons (Fsp3) is 0.222. The first-order valence-corrected chi connectivity index (χ1v) is 8.60. The van der Waals surface area contributed by atoms with Crippen molar-refractivity contribution in [3.8, 4) is 0 Å². The number of nitrogens with zero attached hydrogens (tertiary/aromatic N) is 2. The van der Waals surface area contributed by atoms with Crippen LogP contribution in [0.2, 0.25) is 0 Å². The van der Waals surface area contributed by atoms with Crippen LogP contribution in [-0.2, 0) is 9.63 Å². The number of anilines is 1. The maximum Gasteiger partial charge on any atom is 0.237 e. The number of hydrogen-bond donors (Lipinski definition) is 0. The standard InChI is InChI=1S/C18H16N2O2S/c21-18-12-23-17-9-5-4-8-16(17)20(18)11-14-10-15(19-22-14)13-6-2-1-3-7-13/h1-9,14H,10-12H2/t14-/m1/s1. The maximum absolute atomic E-state index is 12.3. The lowest BCUT2D eigenvalue weighted by Gasteiger charge is -2.30. The van der Waals surface area contributed by atoms with E-state index in [1.807, 2.05) is 53.4 Å². The van der Waals surface area contributed by atoms with Gasteiger partial charge < -0.3 is 9.74 Å². The van der Waals surface area contributed by atoms with Crippen LogP contribution in [-0.4, -0.2) is 30.0 Å². The molecule has 0 radical (unpaired) electrons. The molecule has 4 nitrogen and oxygen atoms in total. The number of carbonyl (C=O) groups excluding carboxylic acids is 1. The number of hydrogen-bond acceptors (Lipinski definition) is 4. The molecule has 0 saturated carbocycles. The summed E-state index contributed by atoms with van der Waals surface area (Å²) in [6, 6.07) is 18.0. The van der Waals surface area contributed by atoms with Gasteiger partial charge in [0.2, 0.25) is 5.91 Å². The van der Waals surface area contributed by atoms with E-state index in [-0.39, 0.29) is 12.0 Å². The third-order valence-electron chi connectivity index (χ3n) is 4.03. The number of amides is 1. The number of oxime groups is 1. The summed E-state index contributed by atoms with van der Waals surface area (Å²) in [5.74, 6) is 0.612. The van der Waals surface area contributed by atoms with Gasteiger partial charge >= 0.3 is 0 Å². The predicted molar refractivity (Wildman–Crippen MR) is 92.0 cm³/mol. The summed E-state index contributed by atoms with van der Waals surface area (Å²) in [5, 5.41) is 4.21. The van der Waals surface area contributed by atoms with Gasteiger partial charge in [-0.15, -0.1) is 11.8 Å². The third-order valence-corrected chi connectivity index (χ3v) is 5.08. The van der Waals surface area contributed by atoms with Crippen LogP contribution < -0.4 is 4.90 Å². The minimum atomic E-state index is -0.0923. The SMILES string of the molecule is O=C1CSc2ccccc2N1C[C@H]1CC(c2ccccc2)=NO1. The molecular formula is C18H16N2O2S. The van der Waals surface area contributed by atoms with Gasteiger partial charge in [0.25, 0.3) is 0 Å². The Kier molecular flexibility index (Phi) is 3.79. The van der Waals surface area contributed by atoms with Crippen molar-refractivity contribution in [1.82, 2.24) is 0 Å². The van der Waals surface area contributed by atoms with E-state index in [4.69, 9.17) is 4.84 Å². The summed E-state index contributed by atoms with van der Waals surface area (Å²) in [6.45, 7) is 0.538. The monoisotopic (exact) mass is 324 g/mol. The van der Waals surface area contributed by atoms with Crippen LogP contribution in [0.4, 0.5) is 5.69 Å². The molecule has 2 aliphatic rings. The van der Waals surface area contributed by atoms with Gasteiger partial charge in [-0.05, 0) is 17.7 Å². The molecule has 1 amide bonds. The second-order valence-corrected chi connectivity index (χ2v) is 6.61. The minimum absolute atomic E-state index is 0.0923. The van der Waals surface area contributed by atoms with Crippen molar-refractivity contribution in [2.45, 2.75) is 17.4 Å². The lowest BCUT2D eigenvalue weighted by Crippen LogP contribution is -2.40. The molecule has 4 rings (SSSR count). The van der Waals surface area contributed by atoms with Crippen LogP contribution in [0.15, 0.2) is 64.6 Å². The summed E-state index contributed by atoms with van der Waals surface area (Å²) in [7, 11) is 0. The van der Waals surface area contributed by atoms with Crippen LogP contribution in [0, 0.1) is 0 Å². The van der Waals surface area contributed by atoms with Crippen molar-refractivity contribution in [3.05, 3.63) is 60.2 Å². The first-order chi connectivity index (χ1) is 11.3. The van der Waals surface area contributed by atoms with Crippen molar-refractivity contribution in [3.63, 3.8) is 0 Å². The number of rotatable bonds is 3. The molecule has 0 spiro atoms. The summed E-state index contributed by atoms with van der Waals surface area (Å²) < 4.78 is 0. The Hall–Kier alpha value is -2.27. The summed E-state index contributed by atoms with van der Waals surface area (Å²) in [4.78, 5) is 20.9. The molecule has 0 N–H and O–H groups in total. The Balaban J connectivity index is 1.49. The van der Waals surface area contributed by atoms with Gasteiger partial charge in [-0.3, -0.25) is 4.79 Å². The molecule has 0 aromatic heterocycles. The van der Waals surface area contributed by atoms with Crippen LogP contribution in [0.25, 0.3) is 0 Å². The molecule has 2 aromatic carbocycles. The number of para-hydroxylation sites is 1. The Labute approximate surface area is 139 Å². The van der Waals surface area contributed by atoms with Crippen LogP contribution in [0.5, 0.6) is 0 Å². The minimum Gasteiger partial charge on any atom is -0.390 e. The van der Waals surface area contributed by atoms with Crippen molar-refractivity contribution < 1.29 is 9.63 Å². The average molecular weight is 324 g/mol. The van der Waals surface area contributed by atoms with Gasteiger partial charge in [-0.1, -0.05) is 47.6 Å². The molecule has 0 aliphatic carbocycles. The zero-order chi connectivity index (χ0) is 15.6. The lowest BCUT2D eigenvalue weighted by molar-refractivity contribution is -0.116. The molecule has 0 bridgehead atoms. The molecule has 2 aromatic rings. The highest BCUT2D eigenvalue weighted by atomic mass is 32.2. The molecule has 2 heterocycles. The topological polar surface area (TPSA) is 41.9 Å². The zero-order valence-electron chi connectivity index (χ0n) is 12.5. The number of carbonyl (C=O) groups is 1. The molecule has 23 heavy (non-hydrogen) atoms. The van der Waals surface area contributed by atoms with Crippen molar-refractivity contribution in [2.24, 2.45) is 5.16 Å². The van der Waals surface area contributed by atoms with E-state index in [1.54, 1.807) is 11.8 Å². The fourth-order valence-corrected chi connectivity index (χ4v) is 3.82. The number of thioether (sulfide) groups is 1. The summed E-state index contributed by atoms with van der Waals surface area (Å²) in [5.41, 5.74) is 3.00. The predicted octanol–water partition coefficient (Wildman–Crippen LogP) is 3.32. The highest BCUT2D eigenvalue weighted by molar-refractivity contribution is 8.00. The molecule has 0 fully saturated rings. The van der Waals surface area contributed by atoms with E-state index in [0.29, 0.717) is 12.3 Å². The summed E-state index contributed by atoms with van der Waals surface area (Å²) in [6.07, 6.45) is 0.633. The number of benzene rings is 2. The highest BCUT2D eigenvalue weighted by Gasteiger charge is 2.30. The normalized spacial score (nSPS) is 20.0. The van der Waals surface area contributed by atoms with Gasteiger partial charge in [0.15, 0.2) is 6.10 Å².